The van der Waals surface area contributed by atoms with Crippen LogP contribution >= 0.6 is 0 Å². The van der Waals surface area contributed by atoms with Crippen LogP contribution in [0.25, 0.3) is 0 Å². The second kappa shape index (κ2) is 12.4. The number of carboxylic acids is 1. The molecule has 1 unspecified atom stereocenters. The lowest BCUT2D eigenvalue weighted by molar-refractivity contribution is -0.271. The van der Waals surface area contributed by atoms with E-state index in [1.54, 1.807) is 0 Å². The quantitative estimate of drug-likeness (QED) is 0.159. The van der Waals surface area contributed by atoms with Gasteiger partial charge in [-0.1, -0.05) is 12.1 Å². The number of nitrogens with zero attached hydrogens (tertiary/aromatic N) is 4. The highest BCUT2D eigenvalue weighted by molar-refractivity contribution is 5.95. The molecule has 0 bridgehead atoms. The van der Waals surface area contributed by atoms with Crippen molar-refractivity contribution in [2.24, 2.45) is 7.05 Å². The fourth-order valence-electron chi connectivity index (χ4n) is 4.32. The molecule has 1 aliphatic rings. The maximum Gasteiger partial charge on any atom is 0.335 e. The summed E-state index contributed by atoms with van der Waals surface area (Å²) in [4.78, 5) is 55.7. The first-order valence-corrected chi connectivity index (χ1v) is 13.0. The van der Waals surface area contributed by atoms with Gasteiger partial charge in [-0.2, -0.15) is 0 Å². The number of hydrogen-bond acceptors (Lipinski definition) is 13. The zero-order valence-corrected chi connectivity index (χ0v) is 23.7. The molecule has 2 amide bonds. The van der Waals surface area contributed by atoms with E-state index < -0.39 is 76.8 Å². The van der Waals surface area contributed by atoms with Crippen molar-refractivity contribution in [1.29, 1.82) is 0 Å². The minimum Gasteiger partial charge on any atom is -0.479 e. The van der Waals surface area contributed by atoms with Crippen LogP contribution in [0.5, 0.6) is 5.75 Å². The van der Waals surface area contributed by atoms with Gasteiger partial charge < -0.3 is 45.0 Å². The Bertz CT molecular complexity index is 1620. The Hall–Kier alpha value is -4.78. The zero-order valence-electron chi connectivity index (χ0n) is 23.7. The summed E-state index contributed by atoms with van der Waals surface area (Å²) in [7, 11) is 1.24. The van der Waals surface area contributed by atoms with Gasteiger partial charge in [-0.15, -0.1) is 10.2 Å². The molecule has 18 heteroatoms. The van der Waals surface area contributed by atoms with Crippen LogP contribution in [0.2, 0.25) is 0 Å². The van der Waals surface area contributed by atoms with E-state index in [0.717, 1.165) is 4.57 Å². The molecule has 0 aliphatic carbocycles. The molecule has 0 spiro atoms. The standard InChI is InChI=1S/C26H29FN6O11/c1-10-31-32-21(42-10)20(38)30-26(2,3)25-29-13(19(37)28-9-11-5-7-12(27)8-6-11)17(22(39)33(25)4)43-24-16(36)14(34)15(35)18(44-24)23(40)41/h5-8,14-16,18,24,34-36H,9H2,1-4H3,(H,28,37)(H,30,38)(H,40,41)/t14-,15-,16-,18?,24+/m1/s1. The highest BCUT2D eigenvalue weighted by Crippen LogP contribution is 2.26. The summed E-state index contributed by atoms with van der Waals surface area (Å²) in [5.74, 6) is -5.28. The van der Waals surface area contributed by atoms with Crippen molar-refractivity contribution >= 4 is 17.8 Å². The van der Waals surface area contributed by atoms with E-state index in [1.165, 1.54) is 52.1 Å². The molecular weight excluding hydrogens is 591 g/mol. The number of halogens is 1. The first-order valence-electron chi connectivity index (χ1n) is 13.0. The van der Waals surface area contributed by atoms with Gasteiger partial charge >= 0.3 is 17.8 Å². The van der Waals surface area contributed by atoms with E-state index in [9.17, 15) is 44.0 Å². The van der Waals surface area contributed by atoms with Crippen LogP contribution in [0, 0.1) is 12.7 Å². The molecule has 17 nitrogen and oxygen atoms in total. The number of carbonyl (C=O) groups is 3. The number of hydrogen-bond donors (Lipinski definition) is 6. The molecule has 236 valence electrons. The average Bonchev–Trinajstić information content (AvgIpc) is 3.41. The van der Waals surface area contributed by atoms with Gasteiger partial charge in [-0.3, -0.25) is 19.0 Å². The average molecular weight is 621 g/mol. The van der Waals surface area contributed by atoms with Crippen molar-refractivity contribution in [2.75, 3.05) is 0 Å². The Morgan fingerprint density at radius 1 is 1.07 bits per heavy atom. The molecular formula is C26H29FN6O11. The lowest BCUT2D eigenvalue weighted by Gasteiger charge is -2.38. The molecule has 1 fully saturated rings. The van der Waals surface area contributed by atoms with Crippen LogP contribution in [0.3, 0.4) is 0 Å². The zero-order chi connectivity index (χ0) is 32.5. The molecule has 1 saturated heterocycles. The lowest BCUT2D eigenvalue weighted by atomic mass is 9.99. The summed E-state index contributed by atoms with van der Waals surface area (Å²) in [5.41, 5.74) is -2.72. The smallest absolute Gasteiger partial charge is 0.335 e. The Labute approximate surface area is 247 Å². The number of amides is 2. The van der Waals surface area contributed by atoms with Crippen molar-refractivity contribution < 1.29 is 53.1 Å². The minimum atomic E-state index is -2.07. The first-order chi connectivity index (χ1) is 20.6. The van der Waals surface area contributed by atoms with Gasteiger partial charge in [0.1, 0.15) is 30.0 Å². The van der Waals surface area contributed by atoms with Crippen molar-refractivity contribution in [3.63, 3.8) is 0 Å². The maximum absolute atomic E-state index is 13.6. The molecule has 44 heavy (non-hydrogen) atoms. The Kier molecular flexibility index (Phi) is 9.09. The summed E-state index contributed by atoms with van der Waals surface area (Å²) in [5, 5.41) is 52.3. The number of aryl methyl sites for hydroxylation is 1. The highest BCUT2D eigenvalue weighted by atomic mass is 19.1. The van der Waals surface area contributed by atoms with E-state index in [0.29, 0.717) is 5.56 Å². The summed E-state index contributed by atoms with van der Waals surface area (Å²) in [6.07, 6.45) is -10.3. The normalized spacial score (nSPS) is 21.9. The third-order valence-electron chi connectivity index (χ3n) is 6.58. The lowest BCUT2D eigenvalue weighted by Crippen LogP contribution is -2.61. The summed E-state index contributed by atoms with van der Waals surface area (Å²) >= 11 is 0. The molecule has 1 aromatic carbocycles. The van der Waals surface area contributed by atoms with E-state index in [4.69, 9.17) is 13.9 Å². The number of aromatic nitrogens is 4. The number of aliphatic hydroxyl groups excluding tert-OH is 3. The molecule has 0 saturated carbocycles. The predicted octanol–water partition coefficient (Wildman–Crippen LogP) is -1.52. The SMILES string of the molecule is Cc1nnc(C(=O)NC(C)(C)c2nc(C(=O)NCc3ccc(F)cc3)c(O[C@H]3OC(C(=O)O)[C@H](O)[C@@H](O)[C@H]3O)c(=O)n2C)o1. The van der Waals surface area contributed by atoms with E-state index >= 15 is 0 Å². The third-order valence-corrected chi connectivity index (χ3v) is 6.58. The minimum absolute atomic E-state index is 0.120. The van der Waals surface area contributed by atoms with Crippen LogP contribution in [-0.2, 0) is 28.7 Å². The monoisotopic (exact) mass is 620 g/mol. The van der Waals surface area contributed by atoms with Crippen LogP contribution in [-0.4, -0.2) is 88.7 Å². The van der Waals surface area contributed by atoms with Crippen LogP contribution < -0.4 is 20.9 Å². The summed E-state index contributed by atoms with van der Waals surface area (Å²) in [6, 6.07) is 5.14. The van der Waals surface area contributed by atoms with Gasteiger partial charge in [0.2, 0.25) is 17.9 Å². The molecule has 6 N–H and O–H groups in total. The Balaban J connectivity index is 1.74. The first kappa shape index (κ1) is 32.1. The van der Waals surface area contributed by atoms with E-state index in [-0.39, 0.29) is 24.2 Å². The highest BCUT2D eigenvalue weighted by Gasteiger charge is 2.49. The number of benzene rings is 1. The fourth-order valence-corrected chi connectivity index (χ4v) is 4.32. The third kappa shape index (κ3) is 6.57. The number of carboxylic acid groups (broad SMARTS) is 1. The second-order valence-electron chi connectivity index (χ2n) is 10.3. The van der Waals surface area contributed by atoms with Crippen molar-refractivity contribution in [1.82, 2.24) is 30.4 Å². The van der Waals surface area contributed by atoms with E-state index in [2.05, 4.69) is 25.8 Å². The number of nitrogens with one attached hydrogen (secondary N) is 2. The van der Waals surface area contributed by atoms with Gasteiger partial charge in [0.25, 0.3) is 11.5 Å². The Morgan fingerprint density at radius 3 is 2.32 bits per heavy atom. The second-order valence-corrected chi connectivity index (χ2v) is 10.3. The molecule has 2 aromatic heterocycles. The van der Waals surface area contributed by atoms with Gasteiger partial charge in [0.05, 0.1) is 5.54 Å². The van der Waals surface area contributed by atoms with Gasteiger partial charge in [0.15, 0.2) is 11.8 Å². The molecule has 3 aromatic rings. The van der Waals surface area contributed by atoms with Crippen LogP contribution in [0.4, 0.5) is 4.39 Å². The topological polar surface area (TPSA) is 248 Å². The van der Waals surface area contributed by atoms with Gasteiger partial charge in [-0.25, -0.2) is 14.2 Å². The van der Waals surface area contributed by atoms with E-state index in [1.807, 2.05) is 0 Å². The van der Waals surface area contributed by atoms with Gasteiger partial charge in [-0.05, 0) is 31.5 Å². The number of aliphatic carboxylic acids is 1. The number of carbonyl (C=O) groups excluding carboxylic acids is 2. The number of ether oxygens (including phenoxy) is 2. The predicted molar refractivity (Wildman–Crippen MR) is 142 cm³/mol. The molecule has 1 aliphatic heterocycles. The van der Waals surface area contributed by atoms with Crippen molar-refractivity contribution in [2.45, 2.75) is 63.6 Å². The molecule has 5 atom stereocenters. The Morgan fingerprint density at radius 2 is 1.73 bits per heavy atom. The van der Waals surface area contributed by atoms with Gasteiger partial charge in [0, 0.05) is 20.5 Å². The van der Waals surface area contributed by atoms with Crippen molar-refractivity contribution in [3.8, 4) is 5.75 Å². The molecule has 3 heterocycles. The molecule has 4 rings (SSSR count). The summed E-state index contributed by atoms with van der Waals surface area (Å²) in [6.45, 7) is 4.23. The summed E-state index contributed by atoms with van der Waals surface area (Å²) < 4.78 is 30.0. The maximum atomic E-state index is 13.6. The number of aliphatic hydroxyl groups is 3. The van der Waals surface area contributed by atoms with Crippen LogP contribution in [0.15, 0.2) is 33.5 Å². The fraction of sp³-hybridized carbons (Fsp3) is 0.423. The van der Waals surface area contributed by atoms with Crippen LogP contribution in [0.1, 0.15) is 52.3 Å². The number of rotatable bonds is 9. The molecule has 0 radical (unpaired) electrons. The van der Waals surface area contributed by atoms with Crippen molar-refractivity contribution in [3.05, 3.63) is 69.3 Å². The largest absolute Gasteiger partial charge is 0.479 e.